The summed E-state index contributed by atoms with van der Waals surface area (Å²) in [6.07, 6.45) is 1.54. The highest BCUT2D eigenvalue weighted by atomic mass is 16.6. The Morgan fingerprint density at radius 2 is 2.29 bits per heavy atom. The van der Waals surface area contributed by atoms with E-state index < -0.39 is 4.92 Å². The molecule has 1 heterocycles. The molecule has 0 saturated heterocycles. The zero-order valence-electron chi connectivity index (χ0n) is 10.3. The summed E-state index contributed by atoms with van der Waals surface area (Å²) in [5.41, 5.74) is 0.613. The van der Waals surface area contributed by atoms with Crippen molar-refractivity contribution in [1.82, 2.24) is 4.98 Å². The quantitative estimate of drug-likeness (QED) is 0.622. The topological polar surface area (TPSA) is 79.5 Å². The van der Waals surface area contributed by atoms with E-state index >= 15 is 0 Å². The normalized spacial score (nSPS) is 12.2. The fourth-order valence-corrected chi connectivity index (χ4v) is 1.43. The molecule has 0 saturated carbocycles. The highest BCUT2D eigenvalue weighted by Crippen LogP contribution is 2.20. The number of hydrogen-bond donors (Lipinski definition) is 1. The summed E-state index contributed by atoms with van der Waals surface area (Å²) in [5.74, 6) is 0.675. The van der Waals surface area contributed by atoms with Gasteiger partial charge in [0.2, 0.25) is 0 Å². The highest BCUT2D eigenvalue weighted by Gasteiger charge is 2.13. The Balaban J connectivity index is 2.79. The third kappa shape index (κ3) is 3.67. The number of aliphatic hydroxyl groups is 1. The van der Waals surface area contributed by atoms with Crippen molar-refractivity contribution >= 4 is 11.5 Å². The van der Waals surface area contributed by atoms with Crippen molar-refractivity contribution in [2.75, 3.05) is 18.5 Å². The number of hydrogen-bond acceptors (Lipinski definition) is 5. The molecule has 0 spiro atoms. The van der Waals surface area contributed by atoms with Crippen molar-refractivity contribution in [3.05, 3.63) is 27.9 Å². The SMILES string of the molecule is Cc1cc(N(C)CCC(C)O)ncc1[N+](=O)[O-]. The van der Waals surface area contributed by atoms with Crippen LogP contribution in [0.25, 0.3) is 0 Å². The second-order valence-electron chi connectivity index (χ2n) is 4.15. The van der Waals surface area contributed by atoms with E-state index in [4.69, 9.17) is 0 Å². The van der Waals surface area contributed by atoms with Gasteiger partial charge in [0.05, 0.1) is 11.0 Å². The van der Waals surface area contributed by atoms with Gasteiger partial charge >= 0.3 is 0 Å². The minimum atomic E-state index is -0.443. The van der Waals surface area contributed by atoms with Crippen LogP contribution in [0.3, 0.4) is 0 Å². The van der Waals surface area contributed by atoms with Crippen LogP contribution in [0.1, 0.15) is 18.9 Å². The lowest BCUT2D eigenvalue weighted by atomic mass is 10.2. The monoisotopic (exact) mass is 239 g/mol. The molecule has 6 nitrogen and oxygen atoms in total. The molecule has 1 rings (SSSR count). The first-order valence-corrected chi connectivity index (χ1v) is 5.42. The maximum atomic E-state index is 10.6. The smallest absolute Gasteiger partial charge is 0.290 e. The Kier molecular flexibility index (Phi) is 4.39. The van der Waals surface area contributed by atoms with Gasteiger partial charge in [-0.25, -0.2) is 4.98 Å². The van der Waals surface area contributed by atoms with Crippen LogP contribution in [-0.2, 0) is 0 Å². The van der Waals surface area contributed by atoms with Crippen LogP contribution >= 0.6 is 0 Å². The van der Waals surface area contributed by atoms with Crippen LogP contribution in [0.4, 0.5) is 11.5 Å². The first-order chi connectivity index (χ1) is 7.91. The van der Waals surface area contributed by atoms with Crippen molar-refractivity contribution < 1.29 is 10.0 Å². The van der Waals surface area contributed by atoms with Crippen molar-refractivity contribution in [3.63, 3.8) is 0 Å². The number of nitro groups is 1. The summed E-state index contributed by atoms with van der Waals surface area (Å²) in [6, 6.07) is 1.68. The van der Waals surface area contributed by atoms with E-state index in [9.17, 15) is 15.2 Å². The van der Waals surface area contributed by atoms with Crippen molar-refractivity contribution in [3.8, 4) is 0 Å². The summed E-state index contributed by atoms with van der Waals surface area (Å²) < 4.78 is 0. The lowest BCUT2D eigenvalue weighted by Crippen LogP contribution is -2.22. The molecule has 0 aromatic carbocycles. The van der Waals surface area contributed by atoms with E-state index in [0.717, 1.165) is 0 Å². The van der Waals surface area contributed by atoms with Gasteiger partial charge in [-0.3, -0.25) is 10.1 Å². The molecule has 0 aliphatic carbocycles. The van der Waals surface area contributed by atoms with Crippen molar-refractivity contribution in [1.29, 1.82) is 0 Å². The maximum Gasteiger partial charge on any atom is 0.290 e. The minimum Gasteiger partial charge on any atom is -0.393 e. The van der Waals surface area contributed by atoms with E-state index in [2.05, 4.69) is 4.98 Å². The summed E-state index contributed by atoms with van der Waals surface area (Å²) in [4.78, 5) is 16.1. The van der Waals surface area contributed by atoms with Gasteiger partial charge in [-0.15, -0.1) is 0 Å². The summed E-state index contributed by atoms with van der Waals surface area (Å²) in [7, 11) is 1.84. The zero-order chi connectivity index (χ0) is 13.0. The van der Waals surface area contributed by atoms with E-state index in [-0.39, 0.29) is 11.8 Å². The molecule has 17 heavy (non-hydrogen) atoms. The molecule has 94 valence electrons. The molecule has 1 N–H and O–H groups in total. The van der Waals surface area contributed by atoms with Gasteiger partial charge in [-0.1, -0.05) is 0 Å². The molecule has 0 bridgehead atoms. The van der Waals surface area contributed by atoms with Gasteiger partial charge in [0.1, 0.15) is 12.0 Å². The first-order valence-electron chi connectivity index (χ1n) is 5.42. The lowest BCUT2D eigenvalue weighted by molar-refractivity contribution is -0.385. The molecule has 1 aromatic heterocycles. The Morgan fingerprint density at radius 1 is 1.65 bits per heavy atom. The average Bonchev–Trinajstić information content (AvgIpc) is 2.25. The van der Waals surface area contributed by atoms with Crippen LogP contribution in [0.2, 0.25) is 0 Å². The third-order valence-corrected chi connectivity index (χ3v) is 2.54. The van der Waals surface area contributed by atoms with Gasteiger partial charge in [0.25, 0.3) is 5.69 Å². The number of aromatic nitrogens is 1. The van der Waals surface area contributed by atoms with Crippen molar-refractivity contribution in [2.45, 2.75) is 26.4 Å². The molecule has 1 atom stereocenters. The van der Waals surface area contributed by atoms with Gasteiger partial charge in [0.15, 0.2) is 0 Å². The van der Waals surface area contributed by atoms with Crippen LogP contribution in [-0.4, -0.2) is 34.7 Å². The second kappa shape index (κ2) is 5.58. The van der Waals surface area contributed by atoms with E-state index in [1.807, 2.05) is 11.9 Å². The number of nitrogens with zero attached hydrogens (tertiary/aromatic N) is 3. The van der Waals surface area contributed by atoms with E-state index in [1.54, 1.807) is 19.9 Å². The average molecular weight is 239 g/mol. The molecule has 1 aromatic rings. The summed E-state index contributed by atoms with van der Waals surface area (Å²) in [6.45, 7) is 4.07. The number of aliphatic hydroxyl groups excluding tert-OH is 1. The molecule has 0 fully saturated rings. The predicted octanol–water partition coefficient (Wildman–Crippen LogP) is 1.51. The fraction of sp³-hybridized carbons (Fsp3) is 0.545. The molecular formula is C11H17N3O3. The van der Waals surface area contributed by atoms with Crippen LogP contribution < -0.4 is 4.90 Å². The Morgan fingerprint density at radius 3 is 2.76 bits per heavy atom. The number of anilines is 1. The van der Waals surface area contributed by atoms with Crippen LogP contribution in [0, 0.1) is 17.0 Å². The van der Waals surface area contributed by atoms with Gasteiger partial charge < -0.3 is 10.0 Å². The molecule has 1 unspecified atom stereocenters. The number of pyridine rings is 1. The van der Waals surface area contributed by atoms with E-state index in [0.29, 0.717) is 24.3 Å². The first kappa shape index (κ1) is 13.4. The Labute approximate surface area is 100 Å². The molecule has 0 amide bonds. The van der Waals surface area contributed by atoms with Crippen LogP contribution in [0.5, 0.6) is 0 Å². The second-order valence-corrected chi connectivity index (χ2v) is 4.15. The molecule has 0 aliphatic heterocycles. The molecule has 0 radical (unpaired) electrons. The third-order valence-electron chi connectivity index (χ3n) is 2.54. The van der Waals surface area contributed by atoms with E-state index in [1.165, 1.54) is 6.20 Å². The minimum absolute atomic E-state index is 0.0256. The standard InChI is InChI=1S/C11H17N3O3/c1-8-6-11(12-7-10(8)14(16)17)13(3)5-4-9(2)15/h6-7,9,15H,4-5H2,1-3H3. The van der Waals surface area contributed by atoms with Crippen molar-refractivity contribution in [2.24, 2.45) is 0 Å². The summed E-state index contributed by atoms with van der Waals surface area (Å²) in [5, 5.41) is 19.8. The zero-order valence-corrected chi connectivity index (χ0v) is 10.3. The molecule has 0 aliphatic rings. The Hall–Kier alpha value is -1.69. The Bertz CT molecular complexity index is 407. The van der Waals surface area contributed by atoms with Gasteiger partial charge in [0, 0.05) is 19.2 Å². The summed E-state index contributed by atoms with van der Waals surface area (Å²) >= 11 is 0. The number of rotatable bonds is 5. The number of aryl methyl sites for hydroxylation is 1. The molecule has 6 heteroatoms. The van der Waals surface area contributed by atoms with Crippen LogP contribution in [0.15, 0.2) is 12.3 Å². The van der Waals surface area contributed by atoms with Gasteiger partial charge in [-0.05, 0) is 26.3 Å². The molecular weight excluding hydrogens is 222 g/mol. The van der Waals surface area contributed by atoms with Gasteiger partial charge in [-0.2, -0.15) is 0 Å². The highest BCUT2D eigenvalue weighted by molar-refractivity contribution is 5.48. The maximum absolute atomic E-state index is 10.6. The largest absolute Gasteiger partial charge is 0.393 e. The fourth-order valence-electron chi connectivity index (χ4n) is 1.43. The lowest BCUT2D eigenvalue weighted by Gasteiger charge is -2.19. The predicted molar refractivity (Wildman–Crippen MR) is 65.2 cm³/mol.